The van der Waals surface area contributed by atoms with E-state index >= 15 is 0 Å². The van der Waals surface area contributed by atoms with Gasteiger partial charge in [0, 0.05) is 24.2 Å². The number of aromatic nitrogens is 1. The third kappa shape index (κ3) is 2.25. The molecule has 1 aromatic carbocycles. The summed E-state index contributed by atoms with van der Waals surface area (Å²) in [5, 5.41) is 14.6. The zero-order valence-electron chi connectivity index (χ0n) is 11.6. The number of nitrogens with zero attached hydrogens (tertiary/aromatic N) is 1. The van der Waals surface area contributed by atoms with Crippen molar-refractivity contribution in [3.05, 3.63) is 24.4 Å². The summed E-state index contributed by atoms with van der Waals surface area (Å²) in [6, 6.07) is 5.99. The van der Waals surface area contributed by atoms with E-state index in [4.69, 9.17) is 9.47 Å². The molecule has 1 aliphatic rings. The molecule has 20 heavy (non-hydrogen) atoms. The molecule has 1 aromatic heterocycles. The van der Waals surface area contributed by atoms with E-state index in [1.165, 1.54) is 0 Å². The van der Waals surface area contributed by atoms with Crippen molar-refractivity contribution >= 4 is 16.6 Å². The molecule has 0 amide bonds. The average Bonchev–Trinajstić information content (AvgIpc) is 2.91. The van der Waals surface area contributed by atoms with Crippen LogP contribution in [0.15, 0.2) is 24.4 Å². The van der Waals surface area contributed by atoms with Crippen LogP contribution in [0.25, 0.3) is 10.8 Å². The van der Waals surface area contributed by atoms with Crippen molar-refractivity contribution in [2.24, 2.45) is 5.92 Å². The smallest absolute Gasteiger partial charge is 0.231 e. The molecule has 5 nitrogen and oxygen atoms in total. The van der Waals surface area contributed by atoms with Gasteiger partial charge in [0.05, 0.1) is 0 Å². The number of hydrogen-bond acceptors (Lipinski definition) is 5. The van der Waals surface area contributed by atoms with Crippen molar-refractivity contribution in [1.82, 2.24) is 4.98 Å². The van der Waals surface area contributed by atoms with Crippen molar-refractivity contribution in [2.75, 3.05) is 18.7 Å². The summed E-state index contributed by atoms with van der Waals surface area (Å²) >= 11 is 0. The minimum Gasteiger partial charge on any atom is -0.454 e. The Labute approximate surface area is 117 Å². The van der Waals surface area contributed by atoms with Gasteiger partial charge in [-0.3, -0.25) is 0 Å². The first-order valence-electron chi connectivity index (χ1n) is 6.75. The fraction of sp³-hybridized carbons (Fsp3) is 0.400. The Kier molecular flexibility index (Phi) is 3.36. The van der Waals surface area contributed by atoms with Crippen molar-refractivity contribution in [1.29, 1.82) is 0 Å². The summed E-state index contributed by atoms with van der Waals surface area (Å²) in [6.07, 6.45) is 1.77. The second-order valence-electron chi connectivity index (χ2n) is 5.18. The lowest BCUT2D eigenvalue weighted by Crippen LogP contribution is -2.26. The first-order chi connectivity index (χ1) is 9.69. The number of ether oxygens (including phenoxy) is 2. The number of anilines is 1. The van der Waals surface area contributed by atoms with Crippen LogP contribution in [-0.4, -0.2) is 29.5 Å². The Hall–Kier alpha value is -2.01. The standard InChI is InChI=1S/C15H18N2O3/c1-9(7-18)10(2)17-15-12-6-14-13(19-8-20-14)5-11(12)3-4-16-15/h3-6,9-10,18H,7-8H2,1-2H3,(H,16,17). The molecule has 2 N–H and O–H groups in total. The molecule has 0 bridgehead atoms. The van der Waals surface area contributed by atoms with Gasteiger partial charge in [-0.05, 0) is 36.4 Å². The van der Waals surface area contributed by atoms with Gasteiger partial charge in [0.2, 0.25) is 6.79 Å². The summed E-state index contributed by atoms with van der Waals surface area (Å²) in [6.45, 7) is 4.44. The lowest BCUT2D eigenvalue weighted by atomic mass is 10.0. The number of aliphatic hydroxyl groups excluding tert-OH is 1. The van der Waals surface area contributed by atoms with E-state index in [2.05, 4.69) is 10.3 Å². The zero-order valence-corrected chi connectivity index (χ0v) is 11.6. The number of nitrogens with one attached hydrogen (secondary N) is 1. The van der Waals surface area contributed by atoms with Gasteiger partial charge in [-0.25, -0.2) is 4.98 Å². The van der Waals surface area contributed by atoms with Crippen LogP contribution in [0.1, 0.15) is 13.8 Å². The number of fused-ring (bicyclic) bond motifs is 2. The highest BCUT2D eigenvalue weighted by molar-refractivity contribution is 5.94. The molecule has 3 rings (SSSR count). The summed E-state index contributed by atoms with van der Waals surface area (Å²) < 4.78 is 10.8. The van der Waals surface area contributed by atoms with Gasteiger partial charge in [-0.15, -0.1) is 0 Å². The van der Waals surface area contributed by atoms with Crippen LogP contribution in [0.4, 0.5) is 5.82 Å². The molecule has 0 saturated heterocycles. The van der Waals surface area contributed by atoms with Crippen molar-refractivity contribution in [3.63, 3.8) is 0 Å². The normalized spacial score (nSPS) is 16.1. The summed E-state index contributed by atoms with van der Waals surface area (Å²) in [7, 11) is 0. The number of rotatable bonds is 4. The Morgan fingerprint density at radius 2 is 2.05 bits per heavy atom. The monoisotopic (exact) mass is 274 g/mol. The third-order valence-electron chi connectivity index (χ3n) is 3.76. The zero-order chi connectivity index (χ0) is 14.1. The quantitative estimate of drug-likeness (QED) is 0.896. The Balaban J connectivity index is 1.99. The Morgan fingerprint density at radius 1 is 1.30 bits per heavy atom. The minimum absolute atomic E-state index is 0.128. The Morgan fingerprint density at radius 3 is 2.80 bits per heavy atom. The molecule has 0 aliphatic carbocycles. The van der Waals surface area contributed by atoms with Gasteiger partial charge in [0.1, 0.15) is 5.82 Å². The van der Waals surface area contributed by atoms with E-state index in [1.54, 1.807) is 6.20 Å². The van der Waals surface area contributed by atoms with Gasteiger partial charge >= 0.3 is 0 Å². The Bertz CT molecular complexity index is 630. The fourth-order valence-electron chi connectivity index (χ4n) is 2.19. The van der Waals surface area contributed by atoms with Crippen molar-refractivity contribution < 1.29 is 14.6 Å². The van der Waals surface area contributed by atoms with Crippen LogP contribution >= 0.6 is 0 Å². The predicted octanol–water partition coefficient (Wildman–Crippen LogP) is 2.39. The number of aliphatic hydroxyl groups is 1. The predicted molar refractivity (Wildman–Crippen MR) is 77.2 cm³/mol. The van der Waals surface area contributed by atoms with E-state index in [0.29, 0.717) is 0 Å². The van der Waals surface area contributed by atoms with E-state index in [9.17, 15) is 5.11 Å². The highest BCUT2D eigenvalue weighted by Gasteiger charge is 2.17. The van der Waals surface area contributed by atoms with Gasteiger partial charge < -0.3 is 19.9 Å². The van der Waals surface area contributed by atoms with E-state index < -0.39 is 0 Å². The first kappa shape index (κ1) is 13.0. The molecule has 2 unspecified atom stereocenters. The highest BCUT2D eigenvalue weighted by Crippen LogP contribution is 2.37. The van der Waals surface area contributed by atoms with Crippen LogP contribution in [0.3, 0.4) is 0 Å². The lowest BCUT2D eigenvalue weighted by Gasteiger charge is -2.20. The van der Waals surface area contributed by atoms with Crippen LogP contribution in [-0.2, 0) is 0 Å². The maximum atomic E-state index is 9.23. The summed E-state index contributed by atoms with van der Waals surface area (Å²) in [5.74, 6) is 2.47. The molecule has 0 saturated carbocycles. The molecule has 0 radical (unpaired) electrons. The molecule has 5 heteroatoms. The van der Waals surface area contributed by atoms with E-state index in [0.717, 1.165) is 28.1 Å². The number of pyridine rings is 1. The minimum atomic E-state index is 0.128. The summed E-state index contributed by atoms with van der Waals surface area (Å²) in [5.41, 5.74) is 0. The second kappa shape index (κ2) is 5.17. The topological polar surface area (TPSA) is 63.6 Å². The second-order valence-corrected chi connectivity index (χ2v) is 5.18. The largest absolute Gasteiger partial charge is 0.454 e. The van der Waals surface area contributed by atoms with Crippen LogP contribution in [0.2, 0.25) is 0 Å². The molecule has 2 aromatic rings. The lowest BCUT2D eigenvalue weighted by molar-refractivity contribution is 0.174. The summed E-state index contributed by atoms with van der Waals surface area (Å²) in [4.78, 5) is 4.40. The molecule has 2 atom stereocenters. The molecule has 0 spiro atoms. The number of benzene rings is 1. The molecule has 0 fully saturated rings. The molecular formula is C15H18N2O3. The van der Waals surface area contributed by atoms with Crippen LogP contribution in [0.5, 0.6) is 11.5 Å². The van der Waals surface area contributed by atoms with Gasteiger partial charge in [0.15, 0.2) is 11.5 Å². The fourth-order valence-corrected chi connectivity index (χ4v) is 2.19. The molecule has 2 heterocycles. The maximum Gasteiger partial charge on any atom is 0.231 e. The maximum absolute atomic E-state index is 9.23. The van der Waals surface area contributed by atoms with Gasteiger partial charge in [-0.1, -0.05) is 6.92 Å². The highest BCUT2D eigenvalue weighted by atomic mass is 16.7. The molecule has 106 valence electrons. The third-order valence-corrected chi connectivity index (χ3v) is 3.76. The van der Waals surface area contributed by atoms with Gasteiger partial charge in [0.25, 0.3) is 0 Å². The molecule has 1 aliphatic heterocycles. The number of hydrogen-bond donors (Lipinski definition) is 2. The SMILES string of the molecule is CC(CO)C(C)Nc1nccc2cc3c(cc12)OCO3. The van der Waals surface area contributed by atoms with Crippen molar-refractivity contribution in [2.45, 2.75) is 19.9 Å². The average molecular weight is 274 g/mol. The first-order valence-corrected chi connectivity index (χ1v) is 6.75. The van der Waals surface area contributed by atoms with Gasteiger partial charge in [-0.2, -0.15) is 0 Å². The van der Waals surface area contributed by atoms with E-state index in [-0.39, 0.29) is 25.4 Å². The van der Waals surface area contributed by atoms with Crippen LogP contribution < -0.4 is 14.8 Å². The van der Waals surface area contributed by atoms with E-state index in [1.807, 2.05) is 32.0 Å². The van der Waals surface area contributed by atoms with Crippen LogP contribution in [0, 0.1) is 5.92 Å². The molecular weight excluding hydrogens is 256 g/mol. The van der Waals surface area contributed by atoms with Crippen molar-refractivity contribution in [3.8, 4) is 11.5 Å².